The molecule has 150 valence electrons. The Hall–Kier alpha value is -3.43. The topological polar surface area (TPSA) is 59.0 Å². The highest BCUT2D eigenvalue weighted by atomic mass is 31.2. The van der Waals surface area contributed by atoms with Crippen LogP contribution in [0.4, 0.5) is 5.69 Å². The third-order valence-electron chi connectivity index (χ3n) is 4.71. The summed E-state index contributed by atoms with van der Waals surface area (Å²) < 4.78 is 19.5. The average Bonchev–Trinajstić information content (AvgIpc) is 2.81. The van der Waals surface area contributed by atoms with Crippen LogP contribution in [0.1, 0.15) is 12.5 Å². The highest BCUT2D eigenvalue weighted by molar-refractivity contribution is 7.92. The molecule has 4 rings (SSSR count). The molecular formula is C24H21N2O3P. The zero-order chi connectivity index (χ0) is 21.0. The number of hydrogen-bond donors (Lipinski definition) is 0. The molecular weight excluding hydrogens is 395 g/mol. The molecule has 1 heterocycles. The number of benzene rings is 3. The molecule has 0 fully saturated rings. The first kappa shape index (κ1) is 19.9. The molecule has 0 bridgehead atoms. The first-order valence-corrected chi connectivity index (χ1v) is 11.5. The van der Waals surface area contributed by atoms with Gasteiger partial charge in [0, 0.05) is 16.7 Å². The predicted molar refractivity (Wildman–Crippen MR) is 121 cm³/mol. The van der Waals surface area contributed by atoms with Gasteiger partial charge >= 0.3 is 5.97 Å². The molecule has 3 aromatic rings. The van der Waals surface area contributed by atoms with E-state index in [9.17, 15) is 9.36 Å². The monoisotopic (exact) mass is 416 g/mol. The third kappa shape index (κ3) is 3.72. The van der Waals surface area contributed by atoms with E-state index in [0.717, 1.165) is 11.3 Å². The number of carbonyl (C=O) groups is 1. The molecule has 1 aliphatic heterocycles. The summed E-state index contributed by atoms with van der Waals surface area (Å²) in [4.78, 5) is 12.8. The van der Waals surface area contributed by atoms with E-state index in [-0.39, 0.29) is 12.1 Å². The fourth-order valence-corrected chi connectivity index (χ4v) is 5.59. The zero-order valence-corrected chi connectivity index (χ0v) is 17.4. The Morgan fingerprint density at radius 2 is 1.47 bits per heavy atom. The first-order valence-electron chi connectivity index (χ1n) is 9.68. The van der Waals surface area contributed by atoms with Crippen LogP contribution in [-0.4, -0.2) is 18.0 Å². The maximum Gasteiger partial charge on any atom is 0.363 e. The van der Waals surface area contributed by atoms with Crippen molar-refractivity contribution in [1.82, 2.24) is 0 Å². The highest BCUT2D eigenvalue weighted by Gasteiger charge is 2.41. The number of ether oxygens (including phenoxy) is 1. The Balaban J connectivity index is 1.96. The lowest BCUT2D eigenvalue weighted by atomic mass is 10.1. The van der Waals surface area contributed by atoms with Crippen molar-refractivity contribution in [3.63, 3.8) is 0 Å². The smallest absolute Gasteiger partial charge is 0.363 e. The Labute approximate surface area is 175 Å². The fraction of sp³-hybridized carbons (Fsp3) is 0.0833. The molecule has 1 aliphatic rings. The summed E-state index contributed by atoms with van der Waals surface area (Å²) in [6.07, 6.45) is 0. The number of nitrogens with zero attached hydrogens (tertiary/aromatic N) is 2. The molecule has 1 atom stereocenters. The van der Waals surface area contributed by atoms with Crippen molar-refractivity contribution in [1.29, 1.82) is 0 Å². The summed E-state index contributed by atoms with van der Waals surface area (Å²) in [6.45, 7) is 1.89. The minimum atomic E-state index is -3.47. The maximum absolute atomic E-state index is 14.3. The van der Waals surface area contributed by atoms with Crippen LogP contribution in [0.2, 0.25) is 0 Å². The van der Waals surface area contributed by atoms with Crippen molar-refractivity contribution in [3.05, 3.63) is 102 Å². The van der Waals surface area contributed by atoms with Gasteiger partial charge in [0.25, 0.3) is 0 Å². The summed E-state index contributed by atoms with van der Waals surface area (Å²) >= 11 is 0. The van der Waals surface area contributed by atoms with E-state index in [2.05, 4.69) is 5.10 Å². The van der Waals surface area contributed by atoms with Gasteiger partial charge in [0.05, 0.1) is 18.0 Å². The van der Waals surface area contributed by atoms with Crippen LogP contribution in [0.3, 0.4) is 0 Å². The number of hydrazone groups is 1. The molecule has 0 aliphatic carbocycles. The van der Waals surface area contributed by atoms with Crippen LogP contribution in [0.25, 0.3) is 5.70 Å². The second kappa shape index (κ2) is 8.52. The number of carbonyl (C=O) groups excluding carboxylic acids is 1. The molecule has 3 aromatic carbocycles. The van der Waals surface area contributed by atoms with Gasteiger partial charge < -0.3 is 9.30 Å². The molecule has 0 amide bonds. The highest BCUT2D eigenvalue weighted by Crippen LogP contribution is 2.54. The molecule has 0 N–H and O–H groups in total. The lowest BCUT2D eigenvalue weighted by Crippen LogP contribution is -2.30. The van der Waals surface area contributed by atoms with E-state index < -0.39 is 13.1 Å². The minimum absolute atomic E-state index is 0.0842. The van der Waals surface area contributed by atoms with Gasteiger partial charge in [0.1, 0.15) is 0 Å². The van der Waals surface area contributed by atoms with Crippen LogP contribution in [0, 0.1) is 0 Å². The SMILES string of the molecule is CCOC(=O)C1=NN(c2ccccc2)C(c2ccccc2)=CP1(=O)c1ccccc1. The fourth-order valence-electron chi connectivity index (χ4n) is 3.29. The Morgan fingerprint density at radius 1 is 0.900 bits per heavy atom. The van der Waals surface area contributed by atoms with Crippen LogP contribution < -0.4 is 10.3 Å². The van der Waals surface area contributed by atoms with Gasteiger partial charge in [-0.1, -0.05) is 78.9 Å². The second-order valence-corrected chi connectivity index (χ2v) is 9.18. The minimum Gasteiger partial charge on any atom is -0.461 e. The quantitative estimate of drug-likeness (QED) is 0.430. The first-order chi connectivity index (χ1) is 14.6. The summed E-state index contributed by atoms with van der Waals surface area (Å²) in [7, 11) is -3.47. The standard InChI is InChI=1S/C24H21N2O3P/c1-2-29-24(27)23-25-26(20-14-8-4-9-15-20)22(19-12-6-3-7-13-19)18-30(23,28)21-16-10-5-11-17-21/h3-18H,2H2,1H3. The molecule has 5 nitrogen and oxygen atoms in total. The maximum atomic E-state index is 14.3. The molecule has 30 heavy (non-hydrogen) atoms. The van der Waals surface area contributed by atoms with E-state index in [0.29, 0.717) is 11.0 Å². The Bertz CT molecular complexity index is 1140. The van der Waals surface area contributed by atoms with E-state index >= 15 is 0 Å². The number of esters is 1. The predicted octanol–water partition coefficient (Wildman–Crippen LogP) is 5.07. The zero-order valence-electron chi connectivity index (χ0n) is 16.5. The van der Waals surface area contributed by atoms with E-state index in [1.165, 1.54) is 0 Å². The third-order valence-corrected chi connectivity index (χ3v) is 7.28. The molecule has 6 heteroatoms. The van der Waals surface area contributed by atoms with Crippen molar-refractivity contribution in [2.24, 2.45) is 5.10 Å². The number of para-hydroxylation sites is 1. The summed E-state index contributed by atoms with van der Waals surface area (Å²) in [5.41, 5.74) is 2.18. The van der Waals surface area contributed by atoms with Crippen molar-refractivity contribution in [2.75, 3.05) is 11.6 Å². The Kier molecular flexibility index (Phi) is 5.64. The Morgan fingerprint density at radius 3 is 2.07 bits per heavy atom. The van der Waals surface area contributed by atoms with E-state index in [1.54, 1.807) is 42.0 Å². The van der Waals surface area contributed by atoms with E-state index in [4.69, 9.17) is 4.74 Å². The largest absolute Gasteiger partial charge is 0.461 e. The van der Waals surface area contributed by atoms with Crippen molar-refractivity contribution < 1.29 is 14.1 Å². The molecule has 0 radical (unpaired) electrons. The molecule has 0 saturated carbocycles. The van der Waals surface area contributed by atoms with Crippen molar-refractivity contribution in [2.45, 2.75) is 6.92 Å². The van der Waals surface area contributed by atoms with E-state index in [1.807, 2.05) is 66.7 Å². The van der Waals surface area contributed by atoms with Crippen LogP contribution >= 0.6 is 7.14 Å². The van der Waals surface area contributed by atoms with Crippen LogP contribution in [0.5, 0.6) is 0 Å². The number of hydrogen-bond acceptors (Lipinski definition) is 5. The van der Waals surface area contributed by atoms with Gasteiger partial charge in [0.2, 0.25) is 5.45 Å². The lowest BCUT2D eigenvalue weighted by Gasteiger charge is -2.30. The lowest BCUT2D eigenvalue weighted by molar-refractivity contribution is -0.134. The van der Waals surface area contributed by atoms with Gasteiger partial charge in [-0.15, -0.1) is 0 Å². The van der Waals surface area contributed by atoms with Crippen molar-refractivity contribution in [3.8, 4) is 0 Å². The van der Waals surface area contributed by atoms with Gasteiger partial charge in [-0.2, -0.15) is 5.10 Å². The van der Waals surface area contributed by atoms with Gasteiger partial charge in [0.15, 0.2) is 7.14 Å². The second-order valence-electron chi connectivity index (χ2n) is 6.67. The van der Waals surface area contributed by atoms with Gasteiger partial charge in [-0.3, -0.25) is 0 Å². The molecule has 0 spiro atoms. The van der Waals surface area contributed by atoms with Crippen LogP contribution in [0.15, 0.2) is 102 Å². The molecule has 0 saturated heterocycles. The van der Waals surface area contributed by atoms with Crippen molar-refractivity contribution >= 4 is 35.3 Å². The van der Waals surface area contributed by atoms with Crippen LogP contribution in [-0.2, 0) is 14.1 Å². The summed E-state index contributed by atoms with van der Waals surface area (Å²) in [6, 6.07) is 28.1. The average molecular weight is 416 g/mol. The number of anilines is 1. The summed E-state index contributed by atoms with van der Waals surface area (Å²) in [5.74, 6) is 0.998. The number of rotatable bonds is 5. The molecule has 0 aromatic heterocycles. The molecule has 1 unspecified atom stereocenters. The van der Waals surface area contributed by atoms with Gasteiger partial charge in [-0.05, 0) is 19.1 Å². The van der Waals surface area contributed by atoms with Gasteiger partial charge in [-0.25, -0.2) is 9.80 Å². The summed E-state index contributed by atoms with van der Waals surface area (Å²) in [5, 5.41) is 6.80. The normalized spacial score (nSPS) is 18.4.